The molecule has 0 aliphatic carbocycles. The SMILES string of the molecule is CC.CC1C=CC=C(c2ccc3cnc(NC(=O)N4CCC(N(C)C)CC4)cc3c2)O1.[HH]. The Morgan fingerprint density at radius 2 is 1.94 bits per heavy atom. The van der Waals surface area contributed by atoms with Gasteiger partial charge in [0.15, 0.2) is 0 Å². The molecule has 31 heavy (non-hydrogen) atoms. The number of nitrogens with zero attached hydrogens (tertiary/aromatic N) is 3. The maximum Gasteiger partial charge on any atom is 0.323 e. The lowest BCUT2D eigenvalue weighted by atomic mass is 10.0. The first-order valence-electron chi connectivity index (χ1n) is 11.2. The largest absolute Gasteiger partial charge is 0.486 e. The molecule has 1 saturated heterocycles. The zero-order chi connectivity index (χ0) is 22.4. The van der Waals surface area contributed by atoms with Crippen LogP contribution in [-0.4, -0.2) is 60.1 Å². The van der Waals surface area contributed by atoms with Crippen LogP contribution in [0.5, 0.6) is 0 Å². The van der Waals surface area contributed by atoms with Gasteiger partial charge in [0.05, 0.1) is 0 Å². The first kappa shape index (κ1) is 22.8. The van der Waals surface area contributed by atoms with Crippen molar-refractivity contribution in [2.45, 2.75) is 45.8 Å². The number of amides is 2. The van der Waals surface area contributed by atoms with Gasteiger partial charge >= 0.3 is 6.03 Å². The van der Waals surface area contributed by atoms with Crippen LogP contribution in [0.4, 0.5) is 10.6 Å². The molecular weight excluding hydrogens is 388 g/mol. The molecule has 1 aromatic carbocycles. The number of carbonyl (C=O) groups excluding carboxylic acids is 1. The lowest BCUT2D eigenvalue weighted by Gasteiger charge is -2.35. The van der Waals surface area contributed by atoms with Crippen molar-refractivity contribution < 1.29 is 11.0 Å². The Morgan fingerprint density at radius 1 is 1.19 bits per heavy atom. The summed E-state index contributed by atoms with van der Waals surface area (Å²) in [6.45, 7) is 7.55. The van der Waals surface area contributed by atoms with E-state index < -0.39 is 0 Å². The normalized spacial score (nSPS) is 18.8. The quantitative estimate of drug-likeness (QED) is 0.719. The van der Waals surface area contributed by atoms with Gasteiger partial charge in [-0.3, -0.25) is 5.32 Å². The number of ether oxygens (including phenoxy) is 1. The van der Waals surface area contributed by atoms with Crippen molar-refractivity contribution in [1.82, 2.24) is 14.8 Å². The molecule has 1 aromatic heterocycles. The van der Waals surface area contributed by atoms with Crippen LogP contribution in [0.2, 0.25) is 0 Å². The van der Waals surface area contributed by atoms with Gasteiger partial charge in [-0.05, 0) is 63.5 Å². The van der Waals surface area contributed by atoms with E-state index in [9.17, 15) is 4.79 Å². The Labute approximate surface area is 187 Å². The van der Waals surface area contributed by atoms with Crippen LogP contribution < -0.4 is 5.32 Å². The highest BCUT2D eigenvalue weighted by molar-refractivity contribution is 5.92. The number of rotatable bonds is 3. The number of anilines is 1. The molecule has 2 aromatic rings. The second-order valence-electron chi connectivity index (χ2n) is 7.98. The second-order valence-corrected chi connectivity index (χ2v) is 7.98. The van der Waals surface area contributed by atoms with Gasteiger partial charge in [0.2, 0.25) is 0 Å². The zero-order valence-corrected chi connectivity index (χ0v) is 19.3. The van der Waals surface area contributed by atoms with Crippen molar-refractivity contribution in [3.63, 3.8) is 0 Å². The first-order valence-corrected chi connectivity index (χ1v) is 11.2. The van der Waals surface area contributed by atoms with E-state index in [0.29, 0.717) is 11.9 Å². The van der Waals surface area contributed by atoms with Crippen molar-refractivity contribution in [3.8, 4) is 0 Å². The van der Waals surface area contributed by atoms with Gasteiger partial charge in [0.1, 0.15) is 17.7 Å². The first-order chi connectivity index (χ1) is 15.0. The van der Waals surface area contributed by atoms with E-state index in [0.717, 1.165) is 48.0 Å². The fraction of sp³-hybridized carbons (Fsp3) is 0.440. The Kier molecular flexibility index (Phi) is 7.69. The van der Waals surface area contributed by atoms with Crippen molar-refractivity contribution in [3.05, 3.63) is 54.3 Å². The lowest BCUT2D eigenvalue weighted by molar-refractivity contribution is 0.156. The number of pyridine rings is 1. The molecule has 1 unspecified atom stereocenters. The van der Waals surface area contributed by atoms with Gasteiger partial charge in [-0.2, -0.15) is 0 Å². The Morgan fingerprint density at radius 3 is 2.61 bits per heavy atom. The molecule has 0 spiro atoms. The molecule has 2 aliphatic rings. The minimum atomic E-state index is -0.0810. The maximum absolute atomic E-state index is 12.7. The number of nitrogens with one attached hydrogen (secondary N) is 1. The van der Waals surface area contributed by atoms with Crippen molar-refractivity contribution in [2.75, 3.05) is 32.5 Å². The molecule has 1 atom stereocenters. The molecule has 168 valence electrons. The Hall–Kier alpha value is -2.86. The standard InChI is InChI=1S/C23H28N4O2.C2H6.H2/c1-16-5-4-6-21(29-16)17-7-8-18-15-24-22(14-19(18)13-17)25-23(28)27-11-9-20(10-12-27)26(2)3;1-2;/h4-8,13-16,20H,9-12H2,1-3H3,(H,24,25,28);1-2H3;1H. The molecule has 2 amide bonds. The van der Waals surface area contributed by atoms with Gasteiger partial charge in [-0.25, -0.2) is 9.78 Å². The number of benzene rings is 1. The number of aromatic nitrogens is 1. The van der Waals surface area contributed by atoms with E-state index in [1.165, 1.54) is 0 Å². The summed E-state index contributed by atoms with van der Waals surface area (Å²) in [5.74, 6) is 1.43. The minimum absolute atomic E-state index is 0. The molecule has 6 heteroatoms. The molecule has 4 rings (SSSR count). The summed E-state index contributed by atoms with van der Waals surface area (Å²) in [4.78, 5) is 21.2. The third-order valence-electron chi connectivity index (χ3n) is 5.67. The minimum Gasteiger partial charge on any atom is -0.486 e. The number of hydrogen-bond donors (Lipinski definition) is 1. The molecular formula is C25H36N4O2. The van der Waals surface area contributed by atoms with Crippen LogP contribution in [0.15, 0.2) is 48.7 Å². The van der Waals surface area contributed by atoms with Crippen LogP contribution in [-0.2, 0) is 4.74 Å². The Bertz CT molecular complexity index is 966. The smallest absolute Gasteiger partial charge is 0.323 e. The van der Waals surface area contributed by atoms with E-state index in [-0.39, 0.29) is 13.6 Å². The van der Waals surface area contributed by atoms with Gasteiger partial charge in [-0.1, -0.05) is 32.1 Å². The third-order valence-corrected chi connectivity index (χ3v) is 5.67. The van der Waals surface area contributed by atoms with Gasteiger partial charge in [0, 0.05) is 37.7 Å². The van der Waals surface area contributed by atoms with E-state index in [1.807, 2.05) is 62.1 Å². The van der Waals surface area contributed by atoms with Gasteiger partial charge in [0.25, 0.3) is 0 Å². The summed E-state index contributed by atoms with van der Waals surface area (Å²) in [5, 5.41) is 5.00. The van der Waals surface area contributed by atoms with Crippen molar-refractivity contribution in [2.24, 2.45) is 0 Å². The van der Waals surface area contributed by atoms with Crippen LogP contribution in [0.1, 0.15) is 40.6 Å². The van der Waals surface area contributed by atoms with Crippen LogP contribution in [0.3, 0.4) is 0 Å². The van der Waals surface area contributed by atoms with E-state index in [2.05, 4.69) is 35.4 Å². The number of carbonyl (C=O) groups is 1. The highest BCUT2D eigenvalue weighted by atomic mass is 16.5. The van der Waals surface area contributed by atoms with E-state index >= 15 is 0 Å². The second kappa shape index (κ2) is 10.4. The number of allylic oxidation sites excluding steroid dienone is 2. The Balaban J connectivity index is 0.00000118. The van der Waals surface area contributed by atoms with Crippen LogP contribution in [0, 0.1) is 0 Å². The summed E-state index contributed by atoms with van der Waals surface area (Å²) in [5.41, 5.74) is 1.02. The van der Waals surface area contributed by atoms with E-state index in [4.69, 9.17) is 4.74 Å². The van der Waals surface area contributed by atoms with Gasteiger partial charge in [-0.15, -0.1) is 0 Å². The zero-order valence-electron chi connectivity index (χ0n) is 19.3. The predicted molar refractivity (Wildman–Crippen MR) is 130 cm³/mol. The number of urea groups is 1. The maximum atomic E-state index is 12.7. The number of fused-ring (bicyclic) bond motifs is 1. The average Bonchev–Trinajstić information content (AvgIpc) is 2.80. The summed E-state index contributed by atoms with van der Waals surface area (Å²) in [7, 11) is 4.19. The van der Waals surface area contributed by atoms with Gasteiger partial charge < -0.3 is 14.5 Å². The highest BCUT2D eigenvalue weighted by Gasteiger charge is 2.24. The molecule has 0 radical (unpaired) electrons. The number of hydrogen-bond acceptors (Lipinski definition) is 4. The topological polar surface area (TPSA) is 57.7 Å². The summed E-state index contributed by atoms with van der Waals surface area (Å²) < 4.78 is 5.90. The molecule has 1 N–H and O–H groups in total. The van der Waals surface area contributed by atoms with Crippen molar-refractivity contribution >= 4 is 28.4 Å². The molecule has 0 saturated carbocycles. The lowest BCUT2D eigenvalue weighted by Crippen LogP contribution is -2.46. The molecule has 3 heterocycles. The summed E-state index contributed by atoms with van der Waals surface area (Å²) >= 11 is 0. The van der Waals surface area contributed by atoms with E-state index in [1.54, 1.807) is 6.20 Å². The molecule has 2 aliphatic heterocycles. The van der Waals surface area contributed by atoms with Crippen LogP contribution >= 0.6 is 0 Å². The summed E-state index contributed by atoms with van der Waals surface area (Å²) in [6, 6.07) is 8.53. The monoisotopic (exact) mass is 424 g/mol. The van der Waals surface area contributed by atoms with Crippen LogP contribution in [0.25, 0.3) is 16.5 Å². The fourth-order valence-corrected chi connectivity index (χ4v) is 3.88. The molecule has 6 nitrogen and oxygen atoms in total. The number of piperidine rings is 1. The molecule has 1 fully saturated rings. The number of likely N-dealkylation sites (tertiary alicyclic amines) is 1. The van der Waals surface area contributed by atoms with Crippen molar-refractivity contribution in [1.29, 1.82) is 0 Å². The highest BCUT2D eigenvalue weighted by Crippen LogP contribution is 2.26. The average molecular weight is 425 g/mol. The predicted octanol–water partition coefficient (Wildman–Crippen LogP) is 5.38. The third kappa shape index (κ3) is 5.64. The molecule has 0 bridgehead atoms. The fourth-order valence-electron chi connectivity index (χ4n) is 3.88. The summed E-state index contributed by atoms with van der Waals surface area (Å²) in [6.07, 6.45) is 9.87.